The van der Waals surface area contributed by atoms with E-state index in [0.29, 0.717) is 28.3 Å². The van der Waals surface area contributed by atoms with Crippen molar-refractivity contribution in [1.29, 1.82) is 0 Å². The quantitative estimate of drug-likeness (QED) is 0.783. The molecule has 2 atom stereocenters. The lowest BCUT2D eigenvalue weighted by molar-refractivity contribution is -0.143. The van der Waals surface area contributed by atoms with Crippen LogP contribution in [0.1, 0.15) is 34.3 Å². The molecule has 1 heterocycles. The lowest BCUT2D eigenvalue weighted by atomic mass is 9.75. The summed E-state index contributed by atoms with van der Waals surface area (Å²) in [6, 6.07) is 14.9. The number of carbonyl (C=O) groups is 2. The molecular weight excluding hydrogens is 342 g/mol. The lowest BCUT2D eigenvalue weighted by Gasteiger charge is -2.30. The summed E-state index contributed by atoms with van der Waals surface area (Å²) in [6.45, 7) is 1.81. The summed E-state index contributed by atoms with van der Waals surface area (Å²) in [7, 11) is 2.94. The average molecular weight is 361 g/mol. The van der Waals surface area contributed by atoms with Crippen molar-refractivity contribution in [2.75, 3.05) is 14.2 Å². The number of allylic oxidation sites excluding steroid dienone is 1. The molecule has 1 aliphatic heterocycles. The Hall–Kier alpha value is -3.21. The van der Waals surface area contributed by atoms with Gasteiger partial charge >= 0.3 is 5.97 Å². The fourth-order valence-corrected chi connectivity index (χ4v) is 3.98. The first kappa shape index (κ1) is 17.2. The van der Waals surface area contributed by atoms with Gasteiger partial charge in [0.25, 0.3) is 0 Å². The standard InChI is InChI=1S/C22H19NO4/c1-12-17(22(25)27-3)18(13-7-6-8-14(11-13)26-2)19-20(23-12)15-9-4-5-10-16(15)21(19)24/h4-11,17-18H,1-3H3/t17?,18-/m0/s1. The summed E-state index contributed by atoms with van der Waals surface area (Å²) in [4.78, 5) is 30.5. The molecule has 0 saturated carbocycles. The SMILES string of the molecule is COC(=O)C1C(C)=NC2=C(C(=O)c3ccccc32)[C@H]1c1cccc(OC)c1. The van der Waals surface area contributed by atoms with E-state index in [-0.39, 0.29) is 5.78 Å². The van der Waals surface area contributed by atoms with E-state index in [9.17, 15) is 9.59 Å². The zero-order chi connectivity index (χ0) is 19.1. The van der Waals surface area contributed by atoms with Crippen LogP contribution in [0.5, 0.6) is 5.75 Å². The summed E-state index contributed by atoms with van der Waals surface area (Å²) in [5, 5.41) is 0. The van der Waals surface area contributed by atoms with Gasteiger partial charge in [0.1, 0.15) is 11.7 Å². The number of hydrogen-bond donors (Lipinski definition) is 0. The predicted octanol–water partition coefficient (Wildman–Crippen LogP) is 3.65. The minimum atomic E-state index is -0.654. The molecule has 136 valence electrons. The number of fused-ring (bicyclic) bond motifs is 2. The van der Waals surface area contributed by atoms with E-state index in [1.807, 2.05) is 49.4 Å². The van der Waals surface area contributed by atoms with Gasteiger partial charge in [0, 0.05) is 28.3 Å². The maximum Gasteiger partial charge on any atom is 0.315 e. The number of ketones is 1. The van der Waals surface area contributed by atoms with E-state index >= 15 is 0 Å². The highest BCUT2D eigenvalue weighted by atomic mass is 16.5. The molecule has 2 aliphatic rings. The van der Waals surface area contributed by atoms with Crippen LogP contribution in [0.15, 0.2) is 59.1 Å². The number of ether oxygens (including phenoxy) is 2. The third-order valence-corrected chi connectivity index (χ3v) is 5.22. The topological polar surface area (TPSA) is 65.0 Å². The molecule has 2 aromatic rings. The second-order valence-corrected chi connectivity index (χ2v) is 6.65. The normalized spacial score (nSPS) is 20.7. The van der Waals surface area contributed by atoms with E-state index in [1.54, 1.807) is 13.2 Å². The average Bonchev–Trinajstić information content (AvgIpc) is 2.98. The molecule has 0 spiro atoms. The van der Waals surface area contributed by atoms with Crippen LogP contribution in [0.3, 0.4) is 0 Å². The zero-order valence-electron chi connectivity index (χ0n) is 15.4. The highest BCUT2D eigenvalue weighted by Crippen LogP contribution is 2.48. The molecule has 1 aliphatic carbocycles. The lowest BCUT2D eigenvalue weighted by Crippen LogP contribution is -2.34. The summed E-state index contributed by atoms with van der Waals surface area (Å²) in [6.07, 6.45) is 0. The van der Waals surface area contributed by atoms with Gasteiger partial charge in [0.05, 0.1) is 19.9 Å². The smallest absolute Gasteiger partial charge is 0.315 e. The van der Waals surface area contributed by atoms with E-state index in [1.165, 1.54) is 7.11 Å². The van der Waals surface area contributed by atoms with Crippen molar-refractivity contribution in [3.8, 4) is 5.75 Å². The van der Waals surface area contributed by atoms with Gasteiger partial charge in [-0.25, -0.2) is 0 Å². The molecule has 0 bridgehead atoms. The second-order valence-electron chi connectivity index (χ2n) is 6.65. The van der Waals surface area contributed by atoms with Gasteiger partial charge in [0.15, 0.2) is 5.78 Å². The van der Waals surface area contributed by atoms with Crippen molar-refractivity contribution in [3.05, 3.63) is 70.8 Å². The van der Waals surface area contributed by atoms with Gasteiger partial charge in [-0.3, -0.25) is 14.6 Å². The molecule has 0 N–H and O–H groups in total. The monoisotopic (exact) mass is 361 g/mol. The van der Waals surface area contributed by atoms with Crippen LogP contribution in [0.4, 0.5) is 0 Å². The Labute approximate surface area is 157 Å². The maximum atomic E-state index is 13.2. The number of aliphatic imine (C=N–C) groups is 1. The van der Waals surface area contributed by atoms with Gasteiger partial charge in [-0.05, 0) is 24.6 Å². The van der Waals surface area contributed by atoms with Crippen LogP contribution >= 0.6 is 0 Å². The van der Waals surface area contributed by atoms with E-state index in [2.05, 4.69) is 4.99 Å². The Bertz CT molecular complexity index is 1020. The fraction of sp³-hybridized carbons (Fsp3) is 0.227. The first-order valence-electron chi connectivity index (χ1n) is 8.72. The molecule has 0 aromatic heterocycles. The fourth-order valence-electron chi connectivity index (χ4n) is 3.98. The van der Waals surface area contributed by atoms with E-state index in [4.69, 9.17) is 9.47 Å². The second kappa shape index (κ2) is 6.50. The Morgan fingerprint density at radius 3 is 2.48 bits per heavy atom. The summed E-state index contributed by atoms with van der Waals surface area (Å²) in [5.74, 6) is -0.946. The van der Waals surface area contributed by atoms with Gasteiger partial charge in [-0.15, -0.1) is 0 Å². The highest BCUT2D eigenvalue weighted by Gasteiger charge is 2.45. The number of methoxy groups -OCH3 is 2. The minimum absolute atomic E-state index is 0.0847. The summed E-state index contributed by atoms with van der Waals surface area (Å²) >= 11 is 0. The summed E-state index contributed by atoms with van der Waals surface area (Å²) in [5.41, 5.74) is 4.10. The van der Waals surface area contributed by atoms with Gasteiger partial charge in [-0.1, -0.05) is 36.4 Å². The van der Waals surface area contributed by atoms with Crippen LogP contribution in [0, 0.1) is 5.92 Å². The molecule has 5 nitrogen and oxygen atoms in total. The zero-order valence-corrected chi connectivity index (χ0v) is 15.4. The molecule has 0 radical (unpaired) electrons. The highest BCUT2D eigenvalue weighted by molar-refractivity contribution is 6.24. The van der Waals surface area contributed by atoms with Crippen LogP contribution < -0.4 is 4.74 Å². The van der Waals surface area contributed by atoms with Crippen molar-refractivity contribution in [3.63, 3.8) is 0 Å². The van der Waals surface area contributed by atoms with Crippen molar-refractivity contribution in [2.24, 2.45) is 10.9 Å². The number of rotatable bonds is 3. The van der Waals surface area contributed by atoms with Crippen molar-refractivity contribution in [1.82, 2.24) is 0 Å². The summed E-state index contributed by atoms with van der Waals surface area (Å²) < 4.78 is 10.4. The number of benzene rings is 2. The van der Waals surface area contributed by atoms with Gasteiger partial charge < -0.3 is 9.47 Å². The van der Waals surface area contributed by atoms with Gasteiger partial charge in [0.2, 0.25) is 0 Å². The first-order valence-corrected chi connectivity index (χ1v) is 8.72. The third kappa shape index (κ3) is 2.58. The Balaban J connectivity index is 1.95. The molecule has 0 saturated heterocycles. The molecule has 4 rings (SSSR count). The number of Topliss-reactive ketones (excluding diaryl/α,β-unsaturated/α-hetero) is 1. The predicted molar refractivity (Wildman–Crippen MR) is 102 cm³/mol. The van der Waals surface area contributed by atoms with Crippen LogP contribution in [-0.4, -0.2) is 31.7 Å². The van der Waals surface area contributed by atoms with Crippen LogP contribution in [-0.2, 0) is 9.53 Å². The Morgan fingerprint density at radius 2 is 1.78 bits per heavy atom. The molecule has 0 fully saturated rings. The first-order chi connectivity index (χ1) is 13.1. The molecule has 5 heteroatoms. The number of hydrogen-bond acceptors (Lipinski definition) is 5. The van der Waals surface area contributed by atoms with Crippen LogP contribution in [0.2, 0.25) is 0 Å². The van der Waals surface area contributed by atoms with Gasteiger partial charge in [-0.2, -0.15) is 0 Å². The van der Waals surface area contributed by atoms with Crippen molar-refractivity contribution in [2.45, 2.75) is 12.8 Å². The molecule has 0 amide bonds. The number of esters is 1. The Morgan fingerprint density at radius 1 is 1.04 bits per heavy atom. The number of nitrogens with zero attached hydrogens (tertiary/aromatic N) is 1. The molecule has 2 aromatic carbocycles. The maximum absolute atomic E-state index is 13.2. The molecular formula is C22H19NO4. The van der Waals surface area contributed by atoms with Crippen molar-refractivity contribution >= 4 is 23.2 Å². The number of carbonyl (C=O) groups excluding carboxylic acids is 2. The van der Waals surface area contributed by atoms with Crippen LogP contribution in [0.25, 0.3) is 5.70 Å². The minimum Gasteiger partial charge on any atom is -0.497 e. The molecule has 1 unspecified atom stereocenters. The van der Waals surface area contributed by atoms with E-state index < -0.39 is 17.8 Å². The largest absolute Gasteiger partial charge is 0.497 e. The third-order valence-electron chi connectivity index (χ3n) is 5.22. The molecule has 27 heavy (non-hydrogen) atoms. The van der Waals surface area contributed by atoms with E-state index in [0.717, 1.165) is 11.1 Å². The van der Waals surface area contributed by atoms with Crippen molar-refractivity contribution < 1.29 is 19.1 Å². The Kier molecular flexibility index (Phi) is 4.15.